The van der Waals surface area contributed by atoms with Gasteiger partial charge in [-0.15, -0.1) is 11.3 Å². The number of aryl methyl sites for hydroxylation is 1. The number of ether oxygens (including phenoxy) is 1. The highest BCUT2D eigenvalue weighted by Crippen LogP contribution is 2.35. The summed E-state index contributed by atoms with van der Waals surface area (Å²) in [4.78, 5) is 24.6. The molecule has 0 fully saturated rings. The summed E-state index contributed by atoms with van der Waals surface area (Å²) in [5.74, 6) is -0.510. The third-order valence-corrected chi connectivity index (χ3v) is 5.72. The predicted octanol–water partition coefficient (Wildman–Crippen LogP) is 5.33. The van der Waals surface area contributed by atoms with Gasteiger partial charge in [-0.1, -0.05) is 41.9 Å². The van der Waals surface area contributed by atoms with E-state index in [4.69, 9.17) is 20.8 Å². The summed E-state index contributed by atoms with van der Waals surface area (Å²) in [6, 6.07) is 14.4. The molecule has 0 bridgehead atoms. The van der Waals surface area contributed by atoms with Crippen molar-refractivity contribution in [2.24, 2.45) is 0 Å². The number of benzene rings is 2. The van der Waals surface area contributed by atoms with Gasteiger partial charge < -0.3 is 9.15 Å². The number of fused-ring (bicyclic) bond motifs is 2. The Hall–Kier alpha value is -2.63. The molecule has 0 atom stereocenters. The van der Waals surface area contributed by atoms with E-state index in [9.17, 15) is 9.59 Å². The van der Waals surface area contributed by atoms with E-state index < -0.39 is 11.6 Å². The van der Waals surface area contributed by atoms with E-state index in [1.807, 2.05) is 43.3 Å². The van der Waals surface area contributed by atoms with Gasteiger partial charge in [0, 0.05) is 27.1 Å². The third kappa shape index (κ3) is 3.00. The smallest absolute Gasteiger partial charge is 0.350 e. The van der Waals surface area contributed by atoms with Gasteiger partial charge >= 0.3 is 11.6 Å². The quantitative estimate of drug-likeness (QED) is 0.354. The van der Waals surface area contributed by atoms with Crippen molar-refractivity contribution in [2.45, 2.75) is 13.5 Å². The monoisotopic (exact) mass is 384 g/mol. The number of thiophene rings is 1. The third-order valence-electron chi connectivity index (χ3n) is 4.06. The number of esters is 1. The molecule has 4 aromatic rings. The predicted molar refractivity (Wildman–Crippen MR) is 103 cm³/mol. The minimum Gasteiger partial charge on any atom is -0.457 e. The average molecular weight is 385 g/mol. The van der Waals surface area contributed by atoms with Crippen LogP contribution in [0, 0.1) is 6.92 Å². The van der Waals surface area contributed by atoms with Crippen LogP contribution in [0.1, 0.15) is 20.8 Å². The number of rotatable bonds is 3. The van der Waals surface area contributed by atoms with Crippen molar-refractivity contribution < 1.29 is 13.9 Å². The van der Waals surface area contributed by atoms with Gasteiger partial charge in [0.15, 0.2) is 0 Å². The van der Waals surface area contributed by atoms with Gasteiger partial charge in [-0.05, 0) is 24.6 Å². The zero-order valence-electron chi connectivity index (χ0n) is 13.7. The number of carbonyl (C=O) groups excluding carboxylic acids is 1. The second-order valence-corrected chi connectivity index (χ2v) is 7.34. The lowest BCUT2D eigenvalue weighted by atomic mass is 10.1. The molecule has 0 saturated heterocycles. The number of halogens is 1. The normalized spacial score (nSPS) is 11.2. The van der Waals surface area contributed by atoms with Gasteiger partial charge in [0.05, 0.1) is 5.02 Å². The van der Waals surface area contributed by atoms with Crippen molar-refractivity contribution in [3.8, 4) is 0 Å². The fourth-order valence-corrected chi connectivity index (χ4v) is 4.21. The van der Waals surface area contributed by atoms with Crippen LogP contribution in [0.25, 0.3) is 21.1 Å². The molecule has 4 nitrogen and oxygen atoms in total. The van der Waals surface area contributed by atoms with Gasteiger partial charge in [-0.2, -0.15) is 0 Å². The van der Waals surface area contributed by atoms with Crippen LogP contribution >= 0.6 is 22.9 Å². The second-order valence-electron chi connectivity index (χ2n) is 5.91. The highest BCUT2D eigenvalue weighted by atomic mass is 35.5. The van der Waals surface area contributed by atoms with Crippen molar-refractivity contribution in [1.82, 2.24) is 0 Å². The minimum atomic E-state index is -0.510. The Morgan fingerprint density at radius 3 is 2.77 bits per heavy atom. The Morgan fingerprint density at radius 1 is 1.15 bits per heavy atom. The van der Waals surface area contributed by atoms with Gasteiger partial charge in [-0.3, -0.25) is 0 Å². The van der Waals surface area contributed by atoms with Crippen LogP contribution in [0.15, 0.2) is 57.7 Å². The van der Waals surface area contributed by atoms with E-state index in [1.54, 1.807) is 6.07 Å². The molecule has 0 aliphatic heterocycles. The van der Waals surface area contributed by atoms with E-state index in [1.165, 1.54) is 17.4 Å². The van der Waals surface area contributed by atoms with E-state index >= 15 is 0 Å². The van der Waals surface area contributed by atoms with E-state index in [2.05, 4.69) is 0 Å². The summed E-state index contributed by atoms with van der Waals surface area (Å²) >= 11 is 7.61. The highest BCUT2D eigenvalue weighted by Gasteiger charge is 2.19. The molecule has 0 amide bonds. The standard InChI is InChI=1S/C20H13ClO4S/c1-11-6-7-13-12(9-17(22)25-15(13)8-11)10-24-20(23)19-18(21)14-4-2-3-5-16(14)26-19/h2-9H,10H2,1H3. The summed E-state index contributed by atoms with van der Waals surface area (Å²) in [7, 11) is 0. The molecule has 2 heterocycles. The molecule has 0 aliphatic rings. The zero-order valence-corrected chi connectivity index (χ0v) is 15.3. The first kappa shape index (κ1) is 16.8. The zero-order chi connectivity index (χ0) is 18.3. The number of hydrogen-bond acceptors (Lipinski definition) is 5. The van der Waals surface area contributed by atoms with Crippen LogP contribution in [-0.4, -0.2) is 5.97 Å². The van der Waals surface area contributed by atoms with Crippen molar-refractivity contribution in [3.05, 3.63) is 80.0 Å². The lowest BCUT2D eigenvalue weighted by Gasteiger charge is -2.07. The van der Waals surface area contributed by atoms with Crippen molar-refractivity contribution in [3.63, 3.8) is 0 Å². The van der Waals surface area contributed by atoms with E-state index in [-0.39, 0.29) is 6.61 Å². The first-order valence-corrected chi connectivity index (χ1v) is 9.10. The Labute approximate surface area is 157 Å². The minimum absolute atomic E-state index is 0.0332. The average Bonchev–Trinajstić information content (AvgIpc) is 2.96. The van der Waals surface area contributed by atoms with Crippen molar-refractivity contribution >= 4 is 50.0 Å². The Bertz CT molecular complexity index is 1210. The van der Waals surface area contributed by atoms with Crippen LogP contribution in [0.5, 0.6) is 0 Å². The van der Waals surface area contributed by atoms with Crippen molar-refractivity contribution in [1.29, 1.82) is 0 Å². The molecule has 2 aromatic heterocycles. The van der Waals surface area contributed by atoms with E-state index in [0.29, 0.717) is 21.0 Å². The van der Waals surface area contributed by atoms with Crippen LogP contribution in [0.3, 0.4) is 0 Å². The molecule has 0 radical (unpaired) electrons. The molecule has 130 valence electrons. The Morgan fingerprint density at radius 2 is 1.96 bits per heavy atom. The molecule has 26 heavy (non-hydrogen) atoms. The molecule has 0 unspecified atom stereocenters. The molecule has 6 heteroatoms. The molecule has 0 spiro atoms. The van der Waals surface area contributed by atoms with Gasteiger partial charge in [0.2, 0.25) is 0 Å². The molecule has 0 N–H and O–H groups in total. The van der Waals surface area contributed by atoms with Crippen LogP contribution < -0.4 is 5.63 Å². The van der Waals surface area contributed by atoms with Crippen LogP contribution in [0.2, 0.25) is 5.02 Å². The maximum absolute atomic E-state index is 12.5. The van der Waals surface area contributed by atoms with Gasteiger partial charge in [0.1, 0.15) is 17.1 Å². The Kier molecular flexibility index (Phi) is 4.26. The molecule has 2 aromatic carbocycles. The van der Waals surface area contributed by atoms with Crippen molar-refractivity contribution in [2.75, 3.05) is 0 Å². The van der Waals surface area contributed by atoms with Crippen LogP contribution in [0.4, 0.5) is 0 Å². The largest absolute Gasteiger partial charge is 0.457 e. The summed E-state index contributed by atoms with van der Waals surface area (Å²) < 4.78 is 11.6. The van der Waals surface area contributed by atoms with Gasteiger partial charge in [0.25, 0.3) is 0 Å². The summed E-state index contributed by atoms with van der Waals surface area (Å²) in [6.45, 7) is 1.88. The first-order chi connectivity index (χ1) is 12.5. The molecular formula is C20H13ClO4S. The Balaban J connectivity index is 1.64. The maximum Gasteiger partial charge on any atom is 0.350 e. The maximum atomic E-state index is 12.5. The highest BCUT2D eigenvalue weighted by molar-refractivity contribution is 7.21. The lowest BCUT2D eigenvalue weighted by molar-refractivity contribution is 0.0480. The topological polar surface area (TPSA) is 56.5 Å². The molecule has 0 aliphatic carbocycles. The number of carbonyl (C=O) groups is 1. The first-order valence-electron chi connectivity index (χ1n) is 7.90. The molecular weight excluding hydrogens is 372 g/mol. The SMILES string of the molecule is Cc1ccc2c(COC(=O)c3sc4ccccc4c3Cl)cc(=O)oc2c1. The fourth-order valence-electron chi connectivity index (χ4n) is 2.81. The summed E-state index contributed by atoms with van der Waals surface area (Å²) in [6.07, 6.45) is 0. The second kappa shape index (κ2) is 6.59. The fraction of sp³-hybridized carbons (Fsp3) is 0.100. The lowest BCUT2D eigenvalue weighted by Crippen LogP contribution is -2.07. The summed E-state index contributed by atoms with van der Waals surface area (Å²) in [5, 5.41) is 1.96. The van der Waals surface area contributed by atoms with Gasteiger partial charge in [-0.25, -0.2) is 9.59 Å². The van der Waals surface area contributed by atoms with E-state index in [0.717, 1.165) is 21.0 Å². The molecule has 4 rings (SSSR count). The summed E-state index contributed by atoms with van der Waals surface area (Å²) in [5.41, 5.74) is 1.58. The molecule has 0 saturated carbocycles. The van der Waals surface area contributed by atoms with Crippen LogP contribution in [-0.2, 0) is 11.3 Å². The number of hydrogen-bond donors (Lipinski definition) is 0.